The summed E-state index contributed by atoms with van der Waals surface area (Å²) in [4.78, 5) is 197. The lowest BCUT2D eigenvalue weighted by molar-refractivity contribution is -0.162. The van der Waals surface area contributed by atoms with Crippen molar-refractivity contribution in [2.45, 2.75) is 226 Å². The number of carbonyl (C=O) groups is 13. The first kappa shape index (κ1) is 110. The number of aliphatic hydroxyl groups excluding tert-OH is 1. The smallest absolute Gasteiger partial charge is 0.416 e. The molecule has 36 nitrogen and oxygen atoms in total. The quantitative estimate of drug-likeness (QED) is 0.00878. The van der Waals surface area contributed by atoms with Crippen LogP contribution in [0.15, 0.2) is 145 Å². The SMILES string of the molecule is COc1cc2cc(c1Cl)N(C)C(=O)C[C@H](OC(=O)[C@H](C)N(C)C(=O)CCSSC(C)(C)[C@H](NC(=O)[C@@H]1CSSC[C@H](NC(=O)[C@@H](Cc3ccccc3)NC(=O)NCc3ccc(C(F)(F)F)cc3)C(=O)N[C@@H](Cc3ccc(O)cc3)C(=O)N[C@H](Cc3c[nH]c4ccccc34)C(=O)N[C@@H](CCCCN)C(=O)N[C@@H]([C@@H](C)O)C(=O)N1)C(N)=O)[C@]1(C)O[C@H]1[C@H](C)[C@@H]1CC(OC)(NC(=O)O1)[C@H](OC)/C=C/C=C(\C)C2. The number of primary amides is 1. The zero-order valence-corrected chi connectivity index (χ0v) is 82.9. The van der Waals surface area contributed by atoms with E-state index in [9.17, 15) is 61.7 Å². The molecule has 4 aliphatic heterocycles. The molecule has 1 aromatic heterocycles. The molecule has 13 amide bonds. The summed E-state index contributed by atoms with van der Waals surface area (Å²) < 4.78 is 75.5. The first-order chi connectivity index (χ1) is 65.9. The Morgan fingerprint density at radius 1 is 0.806 bits per heavy atom. The summed E-state index contributed by atoms with van der Waals surface area (Å²) in [6.07, 6.45) is -4.71. The standard InChI is InChI=1S/C95H121ClF3N15O21S4/c1-51-21-20-27-73(131-11)94(132-12)46-72(133-91(129)112-94)52(2)80-93(7,135-80)74(45-76(118)114(9)70-42-58(39-51)43-71(130-10)77(70)96)134-89(127)53(3)113(8)75(117)36-38-136-139-92(5,6)79(81(101)119)111-87(125)69-50-138-137-49-68(107-84(122)66(40-55-22-14-13-15-23-55)109-90(128)103-47-57-28-32-60(33-29-57)95(97,98)99)86(124)105-65(41-56-30-34-61(116)35-31-56)83(121)106-67(44-59-48-102-63-25-17-16-24-62(59)63)85(123)104-64(26-18-19-37-100)82(120)110-78(54(4)115)88(126)108-69/h13-17,20-25,27-35,42-43,48,52-54,64-69,72-74,78-80,102,115-116H,18-19,26,36-41,44-47,49-50,100H2,1-12H3,(H2,101,119)(H,104,123)(H,105,124)(H,106,121)(H,107,122)(H,108,126)(H,110,120)(H,111,125)(H,112,129)(H2,103,109,128)/b27-20+,51-21+/t52-,53+,54-,64+,65+,66-,67-,68+,69+,72+,73-,74+,78+,79-,80+,93+,94?/m1/s1. The fourth-order valence-electron chi connectivity index (χ4n) is 16.3. The van der Waals surface area contributed by atoms with Crippen molar-refractivity contribution in [3.05, 3.63) is 184 Å². The number of anilines is 1. The van der Waals surface area contributed by atoms with Gasteiger partial charge < -0.3 is 113 Å². The maximum atomic E-state index is 15.5. The zero-order valence-electron chi connectivity index (χ0n) is 78.9. The van der Waals surface area contributed by atoms with Gasteiger partial charge in [-0.3, -0.25) is 53.3 Å². The van der Waals surface area contributed by atoms with Crippen molar-refractivity contribution >= 4 is 149 Å². The number of aromatic nitrogens is 1. The number of phenolic OH excluding ortho intramolecular Hbond substituents is 1. The van der Waals surface area contributed by atoms with Gasteiger partial charge in [0.15, 0.2) is 5.72 Å². The topological polar surface area (TPSA) is 516 Å². The second kappa shape index (κ2) is 49.7. The van der Waals surface area contributed by atoms with Crippen molar-refractivity contribution in [1.29, 1.82) is 0 Å². The molecule has 10 rings (SSSR count). The number of alkyl halides is 3. The van der Waals surface area contributed by atoms with Crippen LogP contribution in [-0.4, -0.2) is 257 Å². The number of amides is 13. The van der Waals surface area contributed by atoms with Gasteiger partial charge in [0.05, 0.1) is 37.0 Å². The predicted molar refractivity (Wildman–Crippen MR) is 521 cm³/mol. The number of esters is 1. The molecule has 0 aliphatic carbocycles. The van der Waals surface area contributed by atoms with Crippen LogP contribution < -0.4 is 74.3 Å². The van der Waals surface area contributed by atoms with Gasteiger partial charge in [-0.05, 0) is 144 Å². The highest BCUT2D eigenvalue weighted by Crippen LogP contribution is 2.50. The Labute approximate surface area is 823 Å². The van der Waals surface area contributed by atoms with Crippen LogP contribution in [0, 0.1) is 5.92 Å². The third kappa shape index (κ3) is 29.7. The van der Waals surface area contributed by atoms with Gasteiger partial charge in [-0.25, -0.2) is 14.4 Å². The highest BCUT2D eigenvalue weighted by molar-refractivity contribution is 8.77. The third-order valence-corrected chi connectivity index (χ3v) is 30.7. The number of allylic oxidation sites excluding steroid dienone is 3. The van der Waals surface area contributed by atoms with Crippen molar-refractivity contribution in [1.82, 2.24) is 63.1 Å². The van der Waals surface area contributed by atoms with Crippen LogP contribution in [0.3, 0.4) is 0 Å². The Hall–Kier alpha value is -11.3. The average molecular weight is 2030 g/mol. The van der Waals surface area contributed by atoms with E-state index in [1.54, 1.807) is 113 Å². The van der Waals surface area contributed by atoms with Gasteiger partial charge >= 0.3 is 24.3 Å². The Morgan fingerprint density at radius 2 is 1.46 bits per heavy atom. The second-order valence-electron chi connectivity index (χ2n) is 35.3. The Morgan fingerprint density at radius 3 is 2.12 bits per heavy atom. The van der Waals surface area contributed by atoms with Gasteiger partial charge in [-0.1, -0.05) is 158 Å². The van der Waals surface area contributed by atoms with E-state index >= 15 is 24.0 Å². The molecule has 0 radical (unpaired) electrons. The number of likely N-dealkylation sites (N-methyl/N-ethyl adjacent to an activating group) is 1. The van der Waals surface area contributed by atoms with E-state index in [2.05, 4.69) is 58.2 Å². The second-order valence-corrected chi connectivity index (χ2v) is 41.3. The van der Waals surface area contributed by atoms with Gasteiger partial charge in [-0.2, -0.15) is 13.2 Å². The number of epoxide rings is 1. The number of ether oxygens (including phenoxy) is 6. The monoisotopic (exact) mass is 2030 g/mol. The fourth-order valence-corrected chi connectivity index (χ4v) is 21.5. The van der Waals surface area contributed by atoms with Crippen LogP contribution in [0.4, 0.5) is 28.4 Å². The molecule has 3 fully saturated rings. The number of carbonyl (C=O) groups excluding carboxylic acids is 13. The first-order valence-corrected chi connectivity index (χ1v) is 50.2. The van der Waals surface area contributed by atoms with Crippen LogP contribution in [0.1, 0.15) is 120 Å². The van der Waals surface area contributed by atoms with Gasteiger partial charge in [0.1, 0.15) is 94.8 Å². The number of benzene rings is 5. The predicted octanol–water partition coefficient (Wildman–Crippen LogP) is 7.30. The number of aliphatic hydroxyl groups is 1. The number of aromatic amines is 1. The number of hydrogen-bond acceptors (Lipinski definition) is 26. The number of para-hydroxylation sites is 1. The van der Waals surface area contributed by atoms with Crippen molar-refractivity contribution in [2.75, 3.05) is 64.1 Å². The number of nitrogens with zero attached hydrogens (tertiary/aromatic N) is 2. The number of rotatable bonds is 31. The summed E-state index contributed by atoms with van der Waals surface area (Å²) in [6.45, 7) is 10.9. The number of nitrogens with one attached hydrogen (secondary N) is 11. The molecule has 5 heterocycles. The zero-order chi connectivity index (χ0) is 102. The van der Waals surface area contributed by atoms with E-state index in [-0.39, 0.29) is 91.6 Å². The summed E-state index contributed by atoms with van der Waals surface area (Å²) >= 11 is 6.94. The number of unbranched alkanes of at least 4 members (excludes halogenated alkanes) is 1. The molecule has 5 aromatic carbocycles. The van der Waals surface area contributed by atoms with Crippen LogP contribution in [0.25, 0.3) is 10.9 Å². The average Bonchev–Trinajstić information content (AvgIpc) is 1.57. The van der Waals surface area contributed by atoms with Gasteiger partial charge in [0.2, 0.25) is 59.1 Å². The van der Waals surface area contributed by atoms with Crippen molar-refractivity contribution in [3.8, 4) is 11.5 Å². The van der Waals surface area contributed by atoms with Crippen molar-refractivity contribution in [2.24, 2.45) is 17.4 Å². The van der Waals surface area contributed by atoms with E-state index < -0.39 is 214 Å². The molecular weight excluding hydrogens is 1910 g/mol. The summed E-state index contributed by atoms with van der Waals surface area (Å²) in [5, 5.41) is 49.4. The number of methoxy groups -OCH3 is 3. The lowest BCUT2D eigenvalue weighted by Gasteiger charge is -2.44. The number of alkyl carbamates (subject to hydrolysis) is 1. The number of urea groups is 1. The highest BCUT2D eigenvalue weighted by Gasteiger charge is 2.65. The molecule has 17 N–H and O–H groups in total. The number of hydrogen-bond donors (Lipinski definition) is 15. The van der Waals surface area contributed by atoms with E-state index in [1.165, 1.54) is 78.4 Å². The molecule has 4 bridgehead atoms. The third-order valence-electron chi connectivity index (χ3n) is 24.6. The van der Waals surface area contributed by atoms with Crippen molar-refractivity contribution < 1.29 is 114 Å². The van der Waals surface area contributed by atoms with Crippen LogP contribution in [0.2, 0.25) is 5.02 Å². The molecule has 0 spiro atoms. The molecule has 44 heteroatoms. The maximum Gasteiger partial charge on any atom is 0.416 e. The van der Waals surface area contributed by atoms with Crippen LogP contribution >= 0.6 is 54.8 Å². The first-order valence-electron chi connectivity index (χ1n) is 45.0. The van der Waals surface area contributed by atoms with Crippen LogP contribution in [-0.2, 0) is 115 Å². The molecule has 17 atom stereocenters. The molecule has 6 aromatic rings. The van der Waals surface area contributed by atoms with Gasteiger partial charge in [0.25, 0.3) is 0 Å². The molecule has 3 saturated heterocycles. The number of aromatic hydroxyl groups is 1. The molecular formula is C95H121ClF3N15O21S4. The number of halogens is 4. The summed E-state index contributed by atoms with van der Waals surface area (Å²) in [5.74, 6) is -11.7. The Bertz CT molecular complexity index is 5440. The molecule has 754 valence electrons. The largest absolute Gasteiger partial charge is 0.508 e. The molecule has 4 aliphatic rings. The minimum Gasteiger partial charge on any atom is -0.508 e. The minimum atomic E-state index is -4.65. The van der Waals surface area contributed by atoms with E-state index in [0.717, 1.165) is 83.5 Å². The van der Waals surface area contributed by atoms with E-state index in [4.69, 9.17) is 51.5 Å². The van der Waals surface area contributed by atoms with E-state index in [0.29, 0.717) is 40.4 Å². The number of fused-ring (bicyclic) bond motifs is 6. The lowest BCUT2D eigenvalue weighted by Crippen LogP contribution is -2.64. The van der Waals surface area contributed by atoms with Crippen LogP contribution in [0.5, 0.6) is 11.5 Å². The minimum absolute atomic E-state index is 0.00686. The lowest BCUT2D eigenvalue weighted by atomic mass is 9.83. The molecule has 1 unspecified atom stereocenters. The highest BCUT2D eigenvalue weighted by atomic mass is 35.5. The van der Waals surface area contributed by atoms with E-state index in [1.807, 2.05) is 13.0 Å². The summed E-state index contributed by atoms with van der Waals surface area (Å²) in [7, 11) is 11.0. The van der Waals surface area contributed by atoms with Gasteiger partial charge in [0, 0.05) is 112 Å². The number of nitrogens with two attached hydrogens (primary N) is 2. The Balaban J connectivity index is 0.897. The maximum absolute atomic E-state index is 15.5. The summed E-state index contributed by atoms with van der Waals surface area (Å²) in [5.41, 5.74) is 12.5. The van der Waals surface area contributed by atoms with Gasteiger partial charge in [-0.15, -0.1) is 0 Å². The molecule has 0 saturated carbocycles. The normalized spacial score (nSPS) is 24.8. The number of phenols is 1. The van der Waals surface area contributed by atoms with Crippen molar-refractivity contribution in [3.63, 3.8) is 0 Å². The molecule has 139 heavy (non-hydrogen) atoms. The Kier molecular flexibility index (Phi) is 39.2. The summed E-state index contributed by atoms with van der Waals surface area (Å²) in [6, 6.07) is 13.0. The number of H-pyrrole nitrogens is 1. The fraction of sp³-hybridized carbons (Fsp3) is 0.484.